The highest BCUT2D eigenvalue weighted by atomic mass is 16.6. The predicted octanol–water partition coefficient (Wildman–Crippen LogP) is 9.25. The molecule has 0 aliphatic heterocycles. The first-order valence-corrected chi connectivity index (χ1v) is 17.3. The summed E-state index contributed by atoms with van der Waals surface area (Å²) in [4.78, 5) is 24.1. The molecule has 0 rings (SSSR count). The molecular formula is C37H64O6. The van der Waals surface area contributed by atoms with Crippen LogP contribution in [0, 0.1) is 0 Å². The van der Waals surface area contributed by atoms with Crippen molar-refractivity contribution in [1.82, 2.24) is 0 Å². The third-order valence-electron chi connectivity index (χ3n) is 7.23. The largest absolute Gasteiger partial charge is 0.462 e. The van der Waals surface area contributed by atoms with Crippen LogP contribution in [0.5, 0.6) is 0 Å². The van der Waals surface area contributed by atoms with Crippen LogP contribution in [-0.2, 0) is 19.1 Å². The summed E-state index contributed by atoms with van der Waals surface area (Å²) >= 11 is 0. The van der Waals surface area contributed by atoms with Gasteiger partial charge in [0.2, 0.25) is 0 Å². The fourth-order valence-electron chi connectivity index (χ4n) is 4.54. The highest BCUT2D eigenvalue weighted by Gasteiger charge is 2.16. The van der Waals surface area contributed by atoms with E-state index in [0.29, 0.717) is 19.3 Å². The van der Waals surface area contributed by atoms with E-state index in [9.17, 15) is 19.8 Å². The molecule has 0 amide bonds. The minimum absolute atomic E-state index is 0.156. The Hall–Kier alpha value is -2.18. The van der Waals surface area contributed by atoms with Crippen LogP contribution < -0.4 is 0 Å². The fourth-order valence-corrected chi connectivity index (χ4v) is 4.54. The lowest BCUT2D eigenvalue weighted by atomic mass is 10.1. The summed E-state index contributed by atoms with van der Waals surface area (Å²) in [6.45, 7) is 3.91. The van der Waals surface area contributed by atoms with Crippen molar-refractivity contribution in [3.05, 3.63) is 48.6 Å². The molecule has 0 bridgehead atoms. The molecule has 0 aromatic heterocycles. The maximum atomic E-state index is 12.1. The molecule has 6 nitrogen and oxygen atoms in total. The molecule has 0 spiro atoms. The molecule has 0 aromatic rings. The zero-order valence-electron chi connectivity index (χ0n) is 27.6. The van der Waals surface area contributed by atoms with E-state index < -0.39 is 18.2 Å². The molecule has 2 N–H and O–H groups in total. The number of carbonyl (C=O) groups excluding carboxylic acids is 2. The van der Waals surface area contributed by atoms with E-state index >= 15 is 0 Å². The Morgan fingerprint density at radius 2 is 1.21 bits per heavy atom. The number of rotatable bonds is 30. The topological polar surface area (TPSA) is 93.1 Å². The lowest BCUT2D eigenvalue weighted by Crippen LogP contribution is -2.28. The van der Waals surface area contributed by atoms with Crippen molar-refractivity contribution in [2.45, 2.75) is 161 Å². The highest BCUT2D eigenvalue weighted by molar-refractivity contribution is 5.70. The molecule has 0 fully saturated rings. The van der Waals surface area contributed by atoms with Gasteiger partial charge in [-0.3, -0.25) is 9.59 Å². The molecule has 0 aliphatic rings. The Morgan fingerprint density at radius 3 is 1.86 bits per heavy atom. The number of unbranched alkanes of at least 4 members (excludes halogenated alkanes) is 13. The lowest BCUT2D eigenvalue weighted by Gasteiger charge is -2.16. The molecule has 0 heterocycles. The Kier molecular flexibility index (Phi) is 31.1. The maximum absolute atomic E-state index is 12.1. The van der Waals surface area contributed by atoms with Crippen LogP contribution in [0.1, 0.15) is 149 Å². The monoisotopic (exact) mass is 604 g/mol. The van der Waals surface area contributed by atoms with Crippen LogP contribution in [-0.4, -0.2) is 47.6 Å². The third kappa shape index (κ3) is 31.1. The van der Waals surface area contributed by atoms with Gasteiger partial charge in [-0.2, -0.15) is 0 Å². The standard InChI is InChI=1S/C37H64O6/c1-3-5-7-9-11-13-15-16-18-19-21-23-25-28-34(39)29-27-31-36(40)42-33-35(32-38)43-37(41)30-26-24-22-20-17-14-12-10-8-6-4-2/h11,13,16,18,21,23,25,28,34-35,38-39H,3-10,12,14-15,17,19-20,22,24,26-27,29-33H2,1-2H3/b13-11-,18-16-,23-21-,28-25+/t34-,35+/m1/s1. The summed E-state index contributed by atoms with van der Waals surface area (Å²) in [7, 11) is 0. The van der Waals surface area contributed by atoms with Crippen molar-refractivity contribution in [2.75, 3.05) is 13.2 Å². The molecule has 0 unspecified atom stereocenters. The number of hydrogen-bond donors (Lipinski definition) is 2. The normalized spacial score (nSPS) is 13.5. The number of ether oxygens (including phenoxy) is 2. The van der Waals surface area contributed by atoms with E-state index in [1.165, 1.54) is 70.6 Å². The van der Waals surface area contributed by atoms with Crippen LogP contribution in [0.25, 0.3) is 0 Å². The van der Waals surface area contributed by atoms with Crippen molar-refractivity contribution in [1.29, 1.82) is 0 Å². The number of carbonyl (C=O) groups is 2. The Bertz CT molecular complexity index is 754. The van der Waals surface area contributed by atoms with E-state index in [-0.39, 0.29) is 25.6 Å². The van der Waals surface area contributed by atoms with Gasteiger partial charge in [0.25, 0.3) is 0 Å². The Labute approximate surface area is 263 Å². The highest BCUT2D eigenvalue weighted by Crippen LogP contribution is 2.13. The van der Waals surface area contributed by atoms with Gasteiger partial charge >= 0.3 is 11.9 Å². The van der Waals surface area contributed by atoms with Crippen molar-refractivity contribution in [2.24, 2.45) is 0 Å². The molecule has 248 valence electrons. The summed E-state index contributed by atoms with van der Waals surface area (Å²) in [5, 5.41) is 19.6. The number of aliphatic hydroxyl groups excluding tert-OH is 2. The second-order valence-corrected chi connectivity index (χ2v) is 11.4. The molecular weight excluding hydrogens is 540 g/mol. The molecule has 2 atom stereocenters. The fraction of sp³-hybridized carbons (Fsp3) is 0.730. The van der Waals surface area contributed by atoms with Crippen molar-refractivity contribution >= 4 is 11.9 Å². The average molecular weight is 605 g/mol. The minimum atomic E-state index is -0.841. The van der Waals surface area contributed by atoms with Crippen LogP contribution in [0.4, 0.5) is 0 Å². The molecule has 0 radical (unpaired) electrons. The van der Waals surface area contributed by atoms with Crippen molar-refractivity contribution < 1.29 is 29.3 Å². The predicted molar refractivity (Wildman–Crippen MR) is 179 cm³/mol. The van der Waals surface area contributed by atoms with E-state index in [1.807, 2.05) is 18.2 Å². The van der Waals surface area contributed by atoms with Gasteiger partial charge in [0.1, 0.15) is 6.61 Å². The smallest absolute Gasteiger partial charge is 0.306 e. The first-order valence-electron chi connectivity index (χ1n) is 17.3. The number of allylic oxidation sites excluding steroid dienone is 7. The third-order valence-corrected chi connectivity index (χ3v) is 7.23. The summed E-state index contributed by atoms with van der Waals surface area (Å²) in [6, 6.07) is 0. The van der Waals surface area contributed by atoms with Gasteiger partial charge in [0.15, 0.2) is 6.10 Å². The quantitative estimate of drug-likeness (QED) is 0.0367. The summed E-state index contributed by atoms with van der Waals surface area (Å²) in [5.74, 6) is -0.796. The summed E-state index contributed by atoms with van der Waals surface area (Å²) in [5.41, 5.74) is 0. The summed E-state index contributed by atoms with van der Waals surface area (Å²) < 4.78 is 10.4. The SMILES string of the molecule is CCCCC/C=C\C/C=C\C/C=C\C=C\[C@@H](O)CCCC(=O)OC[C@H](CO)OC(=O)CCCCCCCCCCCCC. The molecule has 0 aliphatic carbocycles. The average Bonchev–Trinajstić information content (AvgIpc) is 3.00. The van der Waals surface area contributed by atoms with Crippen LogP contribution in [0.2, 0.25) is 0 Å². The Balaban J connectivity index is 3.82. The first kappa shape index (κ1) is 40.8. The van der Waals surface area contributed by atoms with Gasteiger partial charge < -0.3 is 19.7 Å². The number of esters is 2. The van der Waals surface area contributed by atoms with Crippen molar-refractivity contribution in [3.8, 4) is 0 Å². The van der Waals surface area contributed by atoms with Crippen LogP contribution in [0.15, 0.2) is 48.6 Å². The minimum Gasteiger partial charge on any atom is -0.462 e. The van der Waals surface area contributed by atoms with Crippen molar-refractivity contribution in [3.63, 3.8) is 0 Å². The van der Waals surface area contributed by atoms with Crippen LogP contribution >= 0.6 is 0 Å². The number of hydrogen-bond acceptors (Lipinski definition) is 6. The van der Waals surface area contributed by atoms with E-state index in [0.717, 1.165) is 38.5 Å². The van der Waals surface area contributed by atoms with Gasteiger partial charge in [0, 0.05) is 12.8 Å². The lowest BCUT2D eigenvalue weighted by molar-refractivity contribution is -0.161. The molecule has 6 heteroatoms. The second kappa shape index (κ2) is 32.7. The zero-order chi connectivity index (χ0) is 31.6. The Morgan fingerprint density at radius 1 is 0.651 bits per heavy atom. The molecule has 0 saturated carbocycles. The summed E-state index contributed by atoms with van der Waals surface area (Å²) in [6.07, 6.45) is 36.2. The first-order chi connectivity index (χ1) is 21.0. The molecule has 43 heavy (non-hydrogen) atoms. The van der Waals surface area contributed by atoms with E-state index in [1.54, 1.807) is 6.08 Å². The van der Waals surface area contributed by atoms with Gasteiger partial charge in [-0.1, -0.05) is 140 Å². The maximum Gasteiger partial charge on any atom is 0.306 e. The van der Waals surface area contributed by atoms with E-state index in [2.05, 4.69) is 38.2 Å². The molecule has 0 aromatic carbocycles. The van der Waals surface area contributed by atoms with Gasteiger partial charge in [-0.05, 0) is 44.9 Å². The van der Waals surface area contributed by atoms with Gasteiger partial charge in [-0.25, -0.2) is 0 Å². The van der Waals surface area contributed by atoms with Crippen LogP contribution in [0.3, 0.4) is 0 Å². The van der Waals surface area contributed by atoms with Gasteiger partial charge in [0.05, 0.1) is 12.7 Å². The van der Waals surface area contributed by atoms with E-state index in [4.69, 9.17) is 9.47 Å². The molecule has 0 saturated heterocycles. The number of aliphatic hydroxyl groups is 2. The second-order valence-electron chi connectivity index (χ2n) is 11.4. The van der Waals surface area contributed by atoms with Gasteiger partial charge in [-0.15, -0.1) is 0 Å². The zero-order valence-corrected chi connectivity index (χ0v) is 27.6.